The average molecular weight is 1100 g/mol. The lowest BCUT2D eigenvalue weighted by Gasteiger charge is -2.19. The number of amides is 2. The topological polar surface area (TPSA) is 134 Å². The number of carbonyl (C=O) groups excluding carboxylic acids is 2. The van der Waals surface area contributed by atoms with Gasteiger partial charge in [-0.15, -0.1) is 4.57 Å². The molecule has 0 fully saturated rings. The number of quaternary nitrogens is 1. The van der Waals surface area contributed by atoms with Crippen molar-refractivity contribution in [3.8, 4) is 16.8 Å². The highest BCUT2D eigenvalue weighted by molar-refractivity contribution is 6.01. The predicted octanol–water partition coefficient (Wildman–Crippen LogP) is 13.2. The summed E-state index contributed by atoms with van der Waals surface area (Å²) in [5.74, 6) is -0.130. The predicted molar refractivity (Wildman–Crippen MR) is 341 cm³/mol. The highest BCUT2D eigenvalue weighted by atomic mass is 16.2. The Labute approximate surface area is 485 Å². The Hall–Kier alpha value is -8.61. The maximum atomic E-state index is 13.1. The van der Waals surface area contributed by atoms with Crippen LogP contribution in [0.5, 0.6) is 0 Å². The van der Waals surface area contributed by atoms with Gasteiger partial charge in [0.15, 0.2) is 5.69 Å². The molecule has 0 saturated heterocycles. The number of benzene rings is 7. The van der Waals surface area contributed by atoms with E-state index in [2.05, 4.69) is 200 Å². The first kappa shape index (κ1) is 58.1. The molecular weight excluding hydrogens is 1010 g/mol. The summed E-state index contributed by atoms with van der Waals surface area (Å²) in [6.45, 7) is 11.7. The van der Waals surface area contributed by atoms with E-state index in [-0.39, 0.29) is 11.8 Å². The molecule has 9 rings (SSSR count). The van der Waals surface area contributed by atoms with Gasteiger partial charge in [0.25, 0.3) is 11.8 Å². The molecule has 0 unspecified atom stereocenters. The number of nitrogens with one attached hydrogen (secondary N) is 4. The highest BCUT2D eigenvalue weighted by Gasteiger charge is 2.25. The summed E-state index contributed by atoms with van der Waals surface area (Å²) in [6.07, 6.45) is 13.3. The van der Waals surface area contributed by atoms with Gasteiger partial charge < -0.3 is 31.1 Å². The Morgan fingerprint density at radius 1 is 0.573 bits per heavy atom. The summed E-state index contributed by atoms with van der Waals surface area (Å²) in [4.78, 5) is 40.7. The molecule has 6 N–H and O–H groups in total. The number of nitrogens with zero attached hydrogens (tertiary/aromatic N) is 5. The fraction of sp³-hybridized carbons (Fsp3) is 0.300. The van der Waals surface area contributed by atoms with Crippen LogP contribution in [0.3, 0.4) is 0 Å². The second-order valence-electron chi connectivity index (χ2n) is 22.2. The van der Waals surface area contributed by atoms with E-state index in [0.717, 1.165) is 138 Å². The van der Waals surface area contributed by atoms with Gasteiger partial charge in [-0.05, 0) is 154 Å². The van der Waals surface area contributed by atoms with E-state index in [9.17, 15) is 9.59 Å². The largest absolute Gasteiger partial charge is 0.385 e. The lowest BCUT2D eigenvalue weighted by atomic mass is 10.0. The number of unbranched alkanes of at least 4 members (excludes halogenated alkanes) is 6. The minimum absolute atomic E-state index is 0.0632. The third kappa shape index (κ3) is 14.6. The average Bonchev–Trinajstić information content (AvgIpc) is 3.18. The van der Waals surface area contributed by atoms with E-state index >= 15 is 0 Å². The second kappa shape index (κ2) is 27.7. The van der Waals surface area contributed by atoms with Crippen molar-refractivity contribution in [1.82, 2.24) is 20.9 Å². The number of aromatic nitrogens is 2. The number of para-hydroxylation sites is 2. The molecule has 2 amide bonds. The number of anilines is 3. The summed E-state index contributed by atoms with van der Waals surface area (Å²) in [7, 11) is 8.34. The molecule has 1 heterocycles. The molecule has 8 aromatic rings. The first-order chi connectivity index (χ1) is 39.8. The van der Waals surface area contributed by atoms with Gasteiger partial charge in [0.05, 0.1) is 0 Å². The van der Waals surface area contributed by atoms with Crippen LogP contribution in [0.4, 0.5) is 34.1 Å². The van der Waals surface area contributed by atoms with Gasteiger partial charge in [-0.25, -0.2) is 9.98 Å². The van der Waals surface area contributed by atoms with Gasteiger partial charge in [-0.2, -0.15) is 0 Å². The number of aliphatic imine (C=N–C) groups is 1. The molecule has 1 aromatic heterocycles. The molecular formula is C70H82N10O2+2. The monoisotopic (exact) mass is 1090 g/mol. The van der Waals surface area contributed by atoms with E-state index in [4.69, 9.17) is 9.98 Å². The number of fused-ring (bicyclic) bond motifs is 2. The minimum Gasteiger partial charge on any atom is -0.385 e. The van der Waals surface area contributed by atoms with Crippen LogP contribution in [0.25, 0.3) is 38.9 Å². The molecule has 0 radical (unpaired) electrons. The number of aryl methyl sites for hydroxylation is 3. The Bertz CT molecular complexity index is 3610. The molecule has 422 valence electrons. The fourth-order valence-electron chi connectivity index (χ4n) is 11.0. The van der Waals surface area contributed by atoms with Crippen LogP contribution < -0.4 is 41.0 Å². The van der Waals surface area contributed by atoms with E-state index < -0.39 is 0 Å². The Morgan fingerprint density at radius 3 is 1.71 bits per heavy atom. The quantitative estimate of drug-likeness (QED) is 0.0167. The van der Waals surface area contributed by atoms with Crippen molar-refractivity contribution in [1.29, 1.82) is 0 Å². The third-order valence-corrected chi connectivity index (χ3v) is 15.5. The molecule has 0 aliphatic heterocycles. The molecule has 1 aliphatic rings. The van der Waals surface area contributed by atoms with E-state index in [1.165, 1.54) is 39.3 Å². The van der Waals surface area contributed by atoms with Crippen LogP contribution in [0, 0.1) is 20.8 Å². The Kier molecular flexibility index (Phi) is 19.6. The highest BCUT2D eigenvalue weighted by Crippen LogP contribution is 2.33. The molecule has 1 aliphatic carbocycles. The van der Waals surface area contributed by atoms with Crippen LogP contribution in [-0.4, -0.2) is 76.9 Å². The summed E-state index contributed by atoms with van der Waals surface area (Å²) in [5, 5.41) is 15.8. The fourth-order valence-corrected chi connectivity index (χ4v) is 11.0. The van der Waals surface area contributed by atoms with Gasteiger partial charge >= 0.3 is 0 Å². The molecule has 82 heavy (non-hydrogen) atoms. The standard InChI is InChI=1S/C70H80N10O2/c1-48-43-57(76-62-44-49(2)65(78(5)6)46-63(62)75-56-23-15-13-16-24-56)35-36-59(48)71-39-19-9-11-21-41-73-69(81)54-31-27-52(28-32-54)53-29-33-55(34-30-53)70(82)74-42-22-12-10-20-40-72-60-37-38-61-68(51(60)4)80(58-25-17-14-18-26-58)67-47-66(79(7)8)50(3)45-64(67)77-61/h13-18,23-38,44-47,71,75H,9-12,19-22,39-43H2,1-8H3,(H2,73,74,81,82)/p+2. The van der Waals surface area contributed by atoms with Crippen molar-refractivity contribution >= 4 is 73.7 Å². The number of hydrogen-bond donors (Lipinski definition) is 5. The lowest BCUT2D eigenvalue weighted by molar-refractivity contribution is -0.538. The lowest BCUT2D eigenvalue weighted by Crippen LogP contribution is -2.71. The normalized spacial score (nSPS) is 12.8. The van der Waals surface area contributed by atoms with Crippen molar-refractivity contribution in [2.24, 2.45) is 4.99 Å². The van der Waals surface area contributed by atoms with E-state index in [0.29, 0.717) is 24.2 Å². The molecule has 7 aromatic carbocycles. The smallest absolute Gasteiger partial charge is 0.251 e. The number of carbonyl (C=O) groups is 2. The number of hydrogen-bond acceptors (Lipinski definition) is 8. The van der Waals surface area contributed by atoms with Crippen LogP contribution in [0.1, 0.15) is 102 Å². The summed E-state index contributed by atoms with van der Waals surface area (Å²) in [5.41, 5.74) is 22.3. The first-order valence-electron chi connectivity index (χ1n) is 29.3. The first-order valence-corrected chi connectivity index (χ1v) is 29.3. The van der Waals surface area contributed by atoms with E-state index in [1.807, 2.05) is 54.6 Å². The zero-order valence-corrected chi connectivity index (χ0v) is 49.3. The van der Waals surface area contributed by atoms with Gasteiger partial charge in [-0.3, -0.25) is 14.9 Å². The number of rotatable bonds is 25. The zero-order valence-electron chi connectivity index (χ0n) is 49.3. The van der Waals surface area contributed by atoms with Crippen LogP contribution >= 0.6 is 0 Å². The molecule has 0 spiro atoms. The maximum absolute atomic E-state index is 13.1. The number of nitrogens with two attached hydrogens (primary N) is 1. The van der Waals surface area contributed by atoms with Crippen molar-refractivity contribution in [2.75, 3.05) is 69.5 Å². The van der Waals surface area contributed by atoms with Crippen molar-refractivity contribution < 1.29 is 19.5 Å². The number of allylic oxidation sites excluding steroid dienone is 3. The Balaban J connectivity index is 0.648. The van der Waals surface area contributed by atoms with Crippen LogP contribution in [0.15, 0.2) is 174 Å². The zero-order chi connectivity index (χ0) is 57.5. The summed E-state index contributed by atoms with van der Waals surface area (Å²) < 4.78 is 2.35. The molecule has 0 atom stereocenters. The van der Waals surface area contributed by atoms with Crippen LogP contribution in [-0.2, 0) is 0 Å². The molecule has 12 nitrogen and oxygen atoms in total. The third-order valence-electron chi connectivity index (χ3n) is 15.5. The Morgan fingerprint density at radius 2 is 1.12 bits per heavy atom. The molecule has 0 bridgehead atoms. The van der Waals surface area contributed by atoms with Crippen LogP contribution in [0.2, 0.25) is 0 Å². The molecule has 12 heteroatoms. The van der Waals surface area contributed by atoms with Gasteiger partial charge in [0.2, 0.25) is 16.7 Å². The van der Waals surface area contributed by atoms with Crippen molar-refractivity contribution in [2.45, 2.75) is 85.5 Å². The van der Waals surface area contributed by atoms with Gasteiger partial charge in [0, 0.05) is 130 Å². The van der Waals surface area contributed by atoms with Crippen molar-refractivity contribution in [3.05, 3.63) is 197 Å². The van der Waals surface area contributed by atoms with Gasteiger partial charge in [-0.1, -0.05) is 86.3 Å². The second-order valence-corrected chi connectivity index (χ2v) is 22.2. The summed E-state index contributed by atoms with van der Waals surface area (Å²) in [6, 6.07) is 49.5. The summed E-state index contributed by atoms with van der Waals surface area (Å²) >= 11 is 0. The van der Waals surface area contributed by atoms with E-state index in [1.54, 1.807) is 0 Å². The van der Waals surface area contributed by atoms with Crippen molar-refractivity contribution in [3.63, 3.8) is 0 Å². The van der Waals surface area contributed by atoms with Gasteiger partial charge in [0.1, 0.15) is 22.4 Å². The maximum Gasteiger partial charge on any atom is 0.251 e. The minimum atomic E-state index is -0.0670. The SMILES string of the molecule is CC1=C(NCCCCCCNC(=O)c2ccc(-c3ccc(C(=O)NCCCCCCNc4ccc5nc6cc(C)c(N(C)C)cc6[n+](-c6ccccc6)c5c4C)cc3)cc2)C=CC(=Nc2cc(C)c(N(C)C)cc2[NH2+]c2ccccc2)C1. The molecule has 0 saturated carbocycles.